The molecule has 1 heterocycles. The molecule has 5 rings (SSSR count). The molecular formula is C31H27ClN6O3. The Bertz CT molecular complexity index is 1590. The molecule has 1 unspecified atom stereocenters. The fourth-order valence-electron chi connectivity index (χ4n) is 4.33. The third-order valence-corrected chi connectivity index (χ3v) is 6.63. The lowest BCUT2D eigenvalue weighted by Gasteiger charge is -2.31. The zero-order valence-corrected chi connectivity index (χ0v) is 23.0. The number of nitrogens with zero attached hydrogens (tertiary/aromatic N) is 5. The van der Waals surface area contributed by atoms with Crippen LogP contribution in [0.1, 0.15) is 17.2 Å². The molecule has 41 heavy (non-hydrogen) atoms. The molecule has 0 saturated heterocycles. The van der Waals surface area contributed by atoms with E-state index >= 15 is 0 Å². The molecule has 206 valence electrons. The van der Waals surface area contributed by atoms with Crippen molar-refractivity contribution < 1.29 is 14.3 Å². The highest BCUT2D eigenvalue weighted by Gasteiger charge is 2.33. The summed E-state index contributed by atoms with van der Waals surface area (Å²) in [5, 5.41) is 16.2. The maximum absolute atomic E-state index is 14.0. The van der Waals surface area contributed by atoms with E-state index in [1.165, 1.54) is 9.70 Å². The van der Waals surface area contributed by atoms with Gasteiger partial charge in [0.05, 0.1) is 7.11 Å². The molecule has 0 aliphatic heterocycles. The van der Waals surface area contributed by atoms with Gasteiger partial charge in [-0.3, -0.25) is 14.5 Å². The molecule has 1 N–H and O–H groups in total. The number of methoxy groups -OCH3 is 1. The van der Waals surface area contributed by atoms with Crippen LogP contribution in [0.15, 0.2) is 109 Å². The highest BCUT2D eigenvalue weighted by molar-refractivity contribution is 6.30. The molecule has 0 saturated carbocycles. The first kappa shape index (κ1) is 27.5. The van der Waals surface area contributed by atoms with Crippen LogP contribution in [0, 0.1) is 0 Å². The molecule has 0 radical (unpaired) electrons. The maximum atomic E-state index is 14.0. The predicted octanol–water partition coefficient (Wildman–Crippen LogP) is 5.09. The number of halogens is 1. The number of aromatic nitrogens is 4. The summed E-state index contributed by atoms with van der Waals surface area (Å²) in [6, 6.07) is 31.7. The first-order valence-corrected chi connectivity index (χ1v) is 13.3. The lowest BCUT2D eigenvalue weighted by Crippen LogP contribution is -2.45. The van der Waals surface area contributed by atoms with Crippen LogP contribution in [0.4, 0.5) is 5.69 Å². The van der Waals surface area contributed by atoms with Gasteiger partial charge in [-0.2, -0.15) is 4.80 Å². The number of tetrazole rings is 1. The van der Waals surface area contributed by atoms with E-state index in [0.717, 1.165) is 5.56 Å². The molecule has 1 aromatic heterocycles. The van der Waals surface area contributed by atoms with Gasteiger partial charge in [0.2, 0.25) is 11.7 Å². The Morgan fingerprint density at radius 1 is 0.902 bits per heavy atom. The third kappa shape index (κ3) is 6.77. The Balaban J connectivity index is 1.48. The number of hydrogen-bond donors (Lipinski definition) is 1. The van der Waals surface area contributed by atoms with Crippen LogP contribution in [0.25, 0.3) is 11.4 Å². The molecule has 4 aromatic carbocycles. The van der Waals surface area contributed by atoms with Gasteiger partial charge in [-0.1, -0.05) is 72.3 Å². The topological polar surface area (TPSA) is 102 Å². The molecule has 0 aliphatic rings. The van der Waals surface area contributed by atoms with E-state index in [1.807, 2.05) is 48.5 Å². The van der Waals surface area contributed by atoms with Gasteiger partial charge in [0.25, 0.3) is 5.91 Å². The Morgan fingerprint density at radius 2 is 1.56 bits per heavy atom. The quantitative estimate of drug-likeness (QED) is 0.252. The van der Waals surface area contributed by atoms with Crippen molar-refractivity contribution in [2.75, 3.05) is 12.0 Å². The van der Waals surface area contributed by atoms with Gasteiger partial charge in [0, 0.05) is 22.8 Å². The number of anilines is 1. The van der Waals surface area contributed by atoms with E-state index in [-0.39, 0.29) is 12.5 Å². The van der Waals surface area contributed by atoms with Crippen molar-refractivity contribution >= 4 is 29.1 Å². The van der Waals surface area contributed by atoms with Gasteiger partial charge in [-0.15, -0.1) is 10.2 Å². The lowest BCUT2D eigenvalue weighted by molar-refractivity contribution is -0.127. The fraction of sp³-hybridized carbons (Fsp3) is 0.129. The molecule has 9 nitrogen and oxygen atoms in total. The number of amides is 2. The van der Waals surface area contributed by atoms with E-state index in [0.29, 0.717) is 40.0 Å². The average Bonchev–Trinajstić information content (AvgIpc) is 3.48. The van der Waals surface area contributed by atoms with Crippen molar-refractivity contribution in [1.82, 2.24) is 25.5 Å². The molecule has 5 aromatic rings. The minimum atomic E-state index is -0.987. The molecule has 2 amide bonds. The maximum Gasteiger partial charge on any atom is 0.251 e. The summed E-state index contributed by atoms with van der Waals surface area (Å²) in [5.74, 6) is 0.251. The van der Waals surface area contributed by atoms with Crippen molar-refractivity contribution in [3.05, 3.63) is 125 Å². The average molecular weight is 567 g/mol. The summed E-state index contributed by atoms with van der Waals surface area (Å²) < 4.78 is 5.32. The van der Waals surface area contributed by atoms with Crippen LogP contribution in [0.2, 0.25) is 5.02 Å². The van der Waals surface area contributed by atoms with Crippen molar-refractivity contribution in [3.8, 4) is 17.1 Å². The monoisotopic (exact) mass is 566 g/mol. The van der Waals surface area contributed by atoms with Crippen molar-refractivity contribution in [2.24, 2.45) is 0 Å². The molecule has 0 spiro atoms. The van der Waals surface area contributed by atoms with E-state index < -0.39 is 11.9 Å². The predicted molar refractivity (Wildman–Crippen MR) is 156 cm³/mol. The number of carbonyl (C=O) groups excluding carboxylic acids is 2. The standard InChI is InChI=1S/C31H27ClN6O3/c1-41-27-18-14-23(15-19-27)29(31(40)33-20-22-8-4-2-5-9-22)38(26-10-6-3-7-11-26)28(39)21-37-35-30(34-36-37)24-12-16-25(32)17-13-24/h2-19,29H,20-21H2,1H3,(H,33,40). The van der Waals surface area contributed by atoms with Crippen molar-refractivity contribution in [3.63, 3.8) is 0 Å². The lowest BCUT2D eigenvalue weighted by atomic mass is 10.0. The second kappa shape index (κ2) is 12.9. The molecule has 0 fully saturated rings. The fourth-order valence-corrected chi connectivity index (χ4v) is 4.46. The second-order valence-corrected chi connectivity index (χ2v) is 9.57. The van der Waals surface area contributed by atoms with Gasteiger partial charge >= 0.3 is 0 Å². The summed E-state index contributed by atoms with van der Waals surface area (Å²) in [6.07, 6.45) is 0. The zero-order valence-electron chi connectivity index (χ0n) is 22.2. The van der Waals surface area contributed by atoms with Gasteiger partial charge < -0.3 is 10.1 Å². The van der Waals surface area contributed by atoms with Crippen LogP contribution >= 0.6 is 11.6 Å². The summed E-state index contributed by atoms with van der Waals surface area (Å²) in [7, 11) is 1.57. The highest BCUT2D eigenvalue weighted by Crippen LogP contribution is 2.30. The SMILES string of the molecule is COc1ccc(C(C(=O)NCc2ccccc2)N(C(=O)Cn2nnc(-c3ccc(Cl)cc3)n2)c2ccccc2)cc1. The minimum absolute atomic E-state index is 0.242. The van der Waals surface area contributed by atoms with E-state index in [4.69, 9.17) is 16.3 Å². The molecule has 10 heteroatoms. The molecule has 1 atom stereocenters. The van der Waals surface area contributed by atoms with E-state index in [1.54, 1.807) is 67.8 Å². The highest BCUT2D eigenvalue weighted by atomic mass is 35.5. The Labute approximate surface area is 242 Å². The van der Waals surface area contributed by atoms with Crippen LogP contribution < -0.4 is 15.0 Å². The van der Waals surface area contributed by atoms with Gasteiger partial charge in [0.15, 0.2) is 0 Å². The van der Waals surface area contributed by atoms with Crippen molar-refractivity contribution in [1.29, 1.82) is 0 Å². The van der Waals surface area contributed by atoms with Crippen molar-refractivity contribution in [2.45, 2.75) is 19.1 Å². The number of hydrogen-bond acceptors (Lipinski definition) is 6. The number of benzene rings is 4. The Hall–Kier alpha value is -5.02. The van der Waals surface area contributed by atoms with Crippen LogP contribution in [0.3, 0.4) is 0 Å². The smallest absolute Gasteiger partial charge is 0.251 e. The molecular weight excluding hydrogens is 540 g/mol. The Kier molecular flexibility index (Phi) is 8.66. The van der Waals surface area contributed by atoms with Gasteiger partial charge in [0.1, 0.15) is 18.3 Å². The van der Waals surface area contributed by atoms with E-state index in [2.05, 4.69) is 20.7 Å². The first-order valence-electron chi connectivity index (χ1n) is 12.9. The number of carbonyl (C=O) groups is 2. The third-order valence-electron chi connectivity index (χ3n) is 6.38. The van der Waals surface area contributed by atoms with Crippen LogP contribution in [0.5, 0.6) is 5.75 Å². The number of para-hydroxylation sites is 1. The first-order chi connectivity index (χ1) is 20.0. The van der Waals surface area contributed by atoms with Crippen LogP contribution in [-0.2, 0) is 22.7 Å². The number of nitrogens with one attached hydrogen (secondary N) is 1. The molecule has 0 bridgehead atoms. The normalized spacial score (nSPS) is 11.5. The minimum Gasteiger partial charge on any atom is -0.497 e. The largest absolute Gasteiger partial charge is 0.497 e. The summed E-state index contributed by atoms with van der Waals surface area (Å²) in [5.41, 5.74) is 2.81. The van der Waals surface area contributed by atoms with Gasteiger partial charge in [-0.25, -0.2) is 0 Å². The summed E-state index contributed by atoms with van der Waals surface area (Å²) >= 11 is 5.99. The Morgan fingerprint density at radius 3 is 2.22 bits per heavy atom. The van der Waals surface area contributed by atoms with Crippen LogP contribution in [-0.4, -0.2) is 39.1 Å². The number of rotatable bonds is 10. The molecule has 0 aliphatic carbocycles. The van der Waals surface area contributed by atoms with Gasteiger partial charge in [-0.05, 0) is 64.9 Å². The summed E-state index contributed by atoms with van der Waals surface area (Å²) in [4.78, 5) is 30.5. The summed E-state index contributed by atoms with van der Waals surface area (Å²) in [6.45, 7) is 0.0618. The second-order valence-electron chi connectivity index (χ2n) is 9.13. The van der Waals surface area contributed by atoms with E-state index in [9.17, 15) is 9.59 Å². The number of ether oxygens (including phenoxy) is 1. The zero-order chi connectivity index (χ0) is 28.6.